The second-order valence-corrected chi connectivity index (χ2v) is 4.88. The first-order valence-corrected chi connectivity index (χ1v) is 6.26. The monoisotopic (exact) mass is 248 g/mol. The van der Waals surface area contributed by atoms with Crippen LogP contribution in [0.15, 0.2) is 18.2 Å². The molecule has 3 nitrogen and oxygen atoms in total. The molecule has 1 aliphatic carbocycles. The zero-order chi connectivity index (χ0) is 13.0. The van der Waals surface area contributed by atoms with E-state index in [0.29, 0.717) is 23.6 Å². The summed E-state index contributed by atoms with van der Waals surface area (Å²) in [5.41, 5.74) is 1.20. The van der Waals surface area contributed by atoms with Crippen LogP contribution in [0, 0.1) is 23.1 Å². The molecule has 96 valence electrons. The quantitative estimate of drug-likeness (QED) is 0.856. The number of nitriles is 1. The molecule has 4 heteroatoms. The summed E-state index contributed by atoms with van der Waals surface area (Å²) >= 11 is 0. The number of hydrogen-bond acceptors (Lipinski definition) is 3. The van der Waals surface area contributed by atoms with Gasteiger partial charge in [0.05, 0.1) is 17.7 Å². The van der Waals surface area contributed by atoms with Crippen molar-refractivity contribution in [2.75, 3.05) is 6.54 Å². The van der Waals surface area contributed by atoms with Crippen molar-refractivity contribution in [1.82, 2.24) is 5.32 Å². The lowest BCUT2D eigenvalue weighted by molar-refractivity contribution is 0.177. The highest BCUT2D eigenvalue weighted by Crippen LogP contribution is 2.24. The molecule has 1 saturated carbocycles. The van der Waals surface area contributed by atoms with E-state index in [1.54, 1.807) is 0 Å². The van der Waals surface area contributed by atoms with E-state index in [1.807, 2.05) is 0 Å². The highest BCUT2D eigenvalue weighted by molar-refractivity contribution is 5.37. The molecule has 0 heterocycles. The van der Waals surface area contributed by atoms with Crippen LogP contribution in [0.2, 0.25) is 0 Å². The largest absolute Gasteiger partial charge is 0.393 e. The molecule has 0 amide bonds. The van der Waals surface area contributed by atoms with Crippen molar-refractivity contribution < 1.29 is 9.50 Å². The van der Waals surface area contributed by atoms with Gasteiger partial charge < -0.3 is 10.4 Å². The van der Waals surface area contributed by atoms with Gasteiger partial charge >= 0.3 is 0 Å². The molecule has 0 spiro atoms. The van der Waals surface area contributed by atoms with Crippen molar-refractivity contribution in [2.24, 2.45) is 5.92 Å². The first kappa shape index (κ1) is 13.0. The molecule has 2 N–H and O–H groups in total. The smallest absolute Gasteiger partial charge is 0.123 e. The van der Waals surface area contributed by atoms with Gasteiger partial charge in [-0.1, -0.05) is 0 Å². The van der Waals surface area contributed by atoms with Gasteiger partial charge in [-0.25, -0.2) is 4.39 Å². The molecule has 2 rings (SSSR count). The number of hydrogen-bond donors (Lipinski definition) is 2. The Bertz CT molecular complexity index is 456. The molecular formula is C14H17FN2O. The van der Waals surface area contributed by atoms with Gasteiger partial charge in [0.25, 0.3) is 0 Å². The molecule has 1 aromatic rings. The minimum absolute atomic E-state index is 0.166. The highest BCUT2D eigenvalue weighted by atomic mass is 19.1. The number of rotatable bonds is 4. The Balaban J connectivity index is 1.86. The molecule has 1 aromatic carbocycles. The van der Waals surface area contributed by atoms with Crippen molar-refractivity contribution in [3.63, 3.8) is 0 Å². The normalized spacial score (nSPS) is 22.9. The van der Waals surface area contributed by atoms with Crippen molar-refractivity contribution in [3.8, 4) is 6.07 Å². The Morgan fingerprint density at radius 1 is 1.44 bits per heavy atom. The van der Waals surface area contributed by atoms with Crippen LogP contribution in [-0.2, 0) is 6.54 Å². The maximum absolute atomic E-state index is 13.1. The average Bonchev–Trinajstić information content (AvgIpc) is 2.75. The second-order valence-electron chi connectivity index (χ2n) is 4.88. The van der Waals surface area contributed by atoms with Gasteiger partial charge in [0.2, 0.25) is 0 Å². The fourth-order valence-corrected chi connectivity index (χ4v) is 2.46. The predicted molar refractivity (Wildman–Crippen MR) is 66.2 cm³/mol. The number of nitrogens with zero attached hydrogens (tertiary/aromatic N) is 1. The summed E-state index contributed by atoms with van der Waals surface area (Å²) in [5.74, 6) is 0.168. The third-order valence-corrected chi connectivity index (χ3v) is 3.45. The van der Waals surface area contributed by atoms with Gasteiger partial charge in [-0.2, -0.15) is 5.26 Å². The second kappa shape index (κ2) is 5.94. The Kier molecular flexibility index (Phi) is 4.29. The fourth-order valence-electron chi connectivity index (χ4n) is 2.46. The molecule has 1 fully saturated rings. The lowest BCUT2D eigenvalue weighted by Crippen LogP contribution is -2.22. The molecule has 1 aliphatic rings. The lowest BCUT2D eigenvalue weighted by atomic mass is 10.1. The van der Waals surface area contributed by atoms with Crippen molar-refractivity contribution in [3.05, 3.63) is 35.1 Å². The first-order chi connectivity index (χ1) is 8.69. The van der Waals surface area contributed by atoms with E-state index >= 15 is 0 Å². The maximum Gasteiger partial charge on any atom is 0.123 e. The van der Waals surface area contributed by atoms with Crippen molar-refractivity contribution >= 4 is 0 Å². The lowest BCUT2D eigenvalue weighted by Gasteiger charge is -2.11. The topological polar surface area (TPSA) is 56.0 Å². The average molecular weight is 248 g/mol. The van der Waals surface area contributed by atoms with Crippen LogP contribution in [0.25, 0.3) is 0 Å². The molecular weight excluding hydrogens is 231 g/mol. The summed E-state index contributed by atoms with van der Waals surface area (Å²) < 4.78 is 13.1. The maximum atomic E-state index is 13.1. The third kappa shape index (κ3) is 3.28. The number of nitrogens with one attached hydrogen (secondary N) is 1. The van der Waals surface area contributed by atoms with Gasteiger partial charge in [0, 0.05) is 6.54 Å². The van der Waals surface area contributed by atoms with Crippen molar-refractivity contribution in [2.45, 2.75) is 31.9 Å². The van der Waals surface area contributed by atoms with Crippen LogP contribution < -0.4 is 5.32 Å². The summed E-state index contributed by atoms with van der Waals surface area (Å²) in [7, 11) is 0. The molecule has 2 unspecified atom stereocenters. The van der Waals surface area contributed by atoms with E-state index in [2.05, 4.69) is 11.4 Å². The summed E-state index contributed by atoms with van der Waals surface area (Å²) in [5, 5.41) is 21.6. The van der Waals surface area contributed by atoms with E-state index in [1.165, 1.54) is 18.2 Å². The number of aliphatic hydroxyl groups excluding tert-OH is 1. The minimum atomic E-state index is -0.318. The molecule has 0 aromatic heterocycles. The molecule has 2 atom stereocenters. The molecule has 18 heavy (non-hydrogen) atoms. The molecule has 0 radical (unpaired) electrons. The number of aliphatic hydroxyl groups is 1. The van der Waals surface area contributed by atoms with Gasteiger partial charge in [-0.3, -0.25) is 0 Å². The number of halogens is 1. The van der Waals surface area contributed by atoms with Gasteiger partial charge in [0.15, 0.2) is 0 Å². The standard InChI is InChI=1S/C14H17FN2O/c15-13-3-2-11(7-16)12(6-13)9-17-8-10-1-4-14(18)5-10/h2-3,6,10,14,17-18H,1,4-5,8-9H2. The predicted octanol–water partition coefficient (Wildman–Crippen LogP) is 1.95. The van der Waals surface area contributed by atoms with Crippen LogP contribution in [-0.4, -0.2) is 17.8 Å². The molecule has 0 aliphatic heterocycles. The van der Waals surface area contributed by atoms with Crippen LogP contribution in [0.5, 0.6) is 0 Å². The molecule has 0 bridgehead atoms. The van der Waals surface area contributed by atoms with Gasteiger partial charge in [-0.05, 0) is 55.5 Å². The zero-order valence-electron chi connectivity index (χ0n) is 10.2. The summed E-state index contributed by atoms with van der Waals surface area (Å²) in [6, 6.07) is 6.27. The Labute approximate surface area is 106 Å². The van der Waals surface area contributed by atoms with E-state index in [-0.39, 0.29) is 11.9 Å². The Morgan fingerprint density at radius 2 is 2.28 bits per heavy atom. The van der Waals surface area contributed by atoms with Gasteiger partial charge in [0.1, 0.15) is 5.82 Å². The van der Waals surface area contributed by atoms with Crippen LogP contribution >= 0.6 is 0 Å². The Hall–Kier alpha value is -1.44. The minimum Gasteiger partial charge on any atom is -0.393 e. The van der Waals surface area contributed by atoms with E-state index in [4.69, 9.17) is 5.26 Å². The molecule has 0 saturated heterocycles. The van der Waals surface area contributed by atoms with E-state index in [9.17, 15) is 9.50 Å². The first-order valence-electron chi connectivity index (χ1n) is 6.26. The Morgan fingerprint density at radius 3 is 2.94 bits per heavy atom. The van der Waals surface area contributed by atoms with Crippen molar-refractivity contribution in [1.29, 1.82) is 5.26 Å². The summed E-state index contributed by atoms with van der Waals surface area (Å²) in [6.07, 6.45) is 2.57. The summed E-state index contributed by atoms with van der Waals surface area (Å²) in [4.78, 5) is 0. The van der Waals surface area contributed by atoms with E-state index in [0.717, 1.165) is 25.8 Å². The fraction of sp³-hybridized carbons (Fsp3) is 0.500. The van der Waals surface area contributed by atoms with Gasteiger partial charge in [-0.15, -0.1) is 0 Å². The van der Waals surface area contributed by atoms with E-state index < -0.39 is 0 Å². The van der Waals surface area contributed by atoms with Crippen LogP contribution in [0.1, 0.15) is 30.4 Å². The summed E-state index contributed by atoms with van der Waals surface area (Å²) in [6.45, 7) is 1.30. The number of benzene rings is 1. The third-order valence-electron chi connectivity index (χ3n) is 3.45. The zero-order valence-corrected chi connectivity index (χ0v) is 10.2. The van der Waals surface area contributed by atoms with Crippen LogP contribution in [0.3, 0.4) is 0 Å². The SMILES string of the molecule is N#Cc1ccc(F)cc1CNCC1CCC(O)C1. The van der Waals surface area contributed by atoms with Crippen LogP contribution in [0.4, 0.5) is 4.39 Å². The highest BCUT2D eigenvalue weighted by Gasteiger charge is 2.22.